The van der Waals surface area contributed by atoms with E-state index in [1.165, 1.54) is 10.6 Å². The lowest BCUT2D eigenvalue weighted by Crippen LogP contribution is -2.63. The molecule has 0 amide bonds. The Labute approximate surface area is 218 Å². The van der Waals surface area contributed by atoms with Crippen molar-refractivity contribution in [2.75, 3.05) is 19.3 Å². The minimum atomic E-state index is -3.34. The Morgan fingerprint density at radius 2 is 1.92 bits per heavy atom. The number of nitriles is 1. The SMILES string of the molecule is Cc1nnc2ccc3c(cc(-c4ccn(C5(CC#N)CN(S(C)(=O)=O)C5)n4)n3Cc3cccc(Cl)c3)n12. The van der Waals surface area contributed by atoms with Gasteiger partial charge in [-0.15, -0.1) is 10.2 Å². The molecule has 0 aliphatic carbocycles. The molecule has 1 fully saturated rings. The molecule has 1 aromatic carbocycles. The monoisotopic (exact) mass is 534 g/mol. The van der Waals surface area contributed by atoms with Gasteiger partial charge in [-0.2, -0.15) is 14.7 Å². The summed E-state index contributed by atoms with van der Waals surface area (Å²) < 4.78 is 31.3. The molecule has 1 aliphatic heterocycles. The maximum absolute atomic E-state index is 12.0. The molecule has 5 heterocycles. The van der Waals surface area contributed by atoms with E-state index in [1.54, 1.807) is 4.68 Å². The summed E-state index contributed by atoms with van der Waals surface area (Å²) in [6.07, 6.45) is 3.17. The van der Waals surface area contributed by atoms with E-state index in [-0.39, 0.29) is 19.5 Å². The molecule has 12 heteroatoms. The first kappa shape index (κ1) is 23.7. The van der Waals surface area contributed by atoms with Crippen molar-refractivity contribution in [3.8, 4) is 17.5 Å². The first-order valence-corrected chi connectivity index (χ1v) is 13.9. The lowest BCUT2D eigenvalue weighted by atomic mass is 9.89. The number of benzene rings is 1. The summed E-state index contributed by atoms with van der Waals surface area (Å²) in [5.41, 5.74) is 4.62. The van der Waals surface area contributed by atoms with Crippen LogP contribution in [0.1, 0.15) is 17.8 Å². The van der Waals surface area contributed by atoms with Crippen LogP contribution in [0, 0.1) is 18.3 Å². The first-order chi connectivity index (χ1) is 17.7. The molecule has 188 valence electrons. The molecule has 4 aromatic heterocycles. The third kappa shape index (κ3) is 3.89. The summed E-state index contributed by atoms with van der Waals surface area (Å²) in [5, 5.41) is 23.5. The van der Waals surface area contributed by atoms with Crippen LogP contribution < -0.4 is 0 Å². The molecule has 37 heavy (non-hydrogen) atoms. The fourth-order valence-corrected chi connectivity index (χ4v) is 6.26. The standard InChI is InChI=1S/C25H23ClN8O2S/c1-17-28-29-24-7-6-21-23(34(17)24)13-22(32(21)14-18-4-3-5-19(26)12-18)20-8-11-33(30-20)25(9-10-27)15-31(16-25)37(2,35)36/h3-8,11-13H,9,14-16H2,1-2H3. The Hall–Kier alpha value is -3.72. The van der Waals surface area contributed by atoms with Gasteiger partial charge in [0.2, 0.25) is 10.0 Å². The predicted molar refractivity (Wildman–Crippen MR) is 140 cm³/mol. The topological polar surface area (TPSA) is 114 Å². The van der Waals surface area contributed by atoms with E-state index in [4.69, 9.17) is 16.7 Å². The van der Waals surface area contributed by atoms with Crippen LogP contribution in [0.5, 0.6) is 0 Å². The molecule has 0 N–H and O–H groups in total. The fourth-order valence-electron chi connectivity index (χ4n) is 5.10. The molecule has 0 atom stereocenters. The number of aromatic nitrogens is 6. The summed E-state index contributed by atoms with van der Waals surface area (Å²) in [5.74, 6) is 0.779. The highest BCUT2D eigenvalue weighted by atomic mass is 35.5. The maximum Gasteiger partial charge on any atom is 0.211 e. The van der Waals surface area contributed by atoms with Crippen molar-refractivity contribution in [3.05, 3.63) is 71.1 Å². The van der Waals surface area contributed by atoms with E-state index in [0.29, 0.717) is 17.3 Å². The minimum absolute atomic E-state index is 0.159. The zero-order valence-electron chi connectivity index (χ0n) is 20.2. The third-order valence-corrected chi connectivity index (χ3v) is 8.42. The largest absolute Gasteiger partial charge is 0.333 e. The van der Waals surface area contributed by atoms with Crippen molar-refractivity contribution in [3.63, 3.8) is 0 Å². The van der Waals surface area contributed by atoms with Crippen molar-refractivity contribution in [1.29, 1.82) is 5.26 Å². The smallest absolute Gasteiger partial charge is 0.211 e. The van der Waals surface area contributed by atoms with E-state index in [9.17, 15) is 13.7 Å². The quantitative estimate of drug-likeness (QED) is 0.329. The average molecular weight is 535 g/mol. The molecule has 0 unspecified atom stereocenters. The van der Waals surface area contributed by atoms with Gasteiger partial charge in [0.1, 0.15) is 17.1 Å². The summed E-state index contributed by atoms with van der Waals surface area (Å²) in [7, 11) is -3.34. The second-order valence-corrected chi connectivity index (χ2v) is 11.9. The Balaban J connectivity index is 1.49. The van der Waals surface area contributed by atoms with Gasteiger partial charge < -0.3 is 4.57 Å². The molecule has 1 saturated heterocycles. The Bertz CT molecular complexity index is 1820. The van der Waals surface area contributed by atoms with Gasteiger partial charge in [0.15, 0.2) is 5.65 Å². The number of pyridine rings is 1. The molecule has 0 bridgehead atoms. The van der Waals surface area contributed by atoms with Crippen LogP contribution in [0.25, 0.3) is 28.1 Å². The van der Waals surface area contributed by atoms with Gasteiger partial charge in [-0.25, -0.2) is 8.42 Å². The van der Waals surface area contributed by atoms with E-state index in [0.717, 1.165) is 33.8 Å². The Morgan fingerprint density at radius 1 is 1.11 bits per heavy atom. The average Bonchev–Trinajstić information content (AvgIpc) is 3.53. The minimum Gasteiger partial charge on any atom is -0.333 e. The van der Waals surface area contributed by atoms with E-state index < -0.39 is 15.6 Å². The van der Waals surface area contributed by atoms with Gasteiger partial charge in [-0.05, 0) is 48.9 Å². The molecule has 1 aliphatic rings. The number of nitrogens with zero attached hydrogens (tertiary/aromatic N) is 8. The normalized spacial score (nSPS) is 15.7. The number of hydrogen-bond donors (Lipinski definition) is 0. The zero-order chi connectivity index (χ0) is 25.9. The summed E-state index contributed by atoms with van der Waals surface area (Å²) in [6, 6.07) is 17.9. The van der Waals surface area contributed by atoms with Crippen LogP contribution in [-0.2, 0) is 22.1 Å². The van der Waals surface area contributed by atoms with Gasteiger partial charge in [0.05, 0.1) is 35.5 Å². The van der Waals surface area contributed by atoms with Gasteiger partial charge in [0, 0.05) is 30.9 Å². The van der Waals surface area contributed by atoms with Crippen LogP contribution >= 0.6 is 11.6 Å². The first-order valence-electron chi connectivity index (χ1n) is 11.7. The van der Waals surface area contributed by atoms with Crippen LogP contribution in [0.3, 0.4) is 0 Å². The highest BCUT2D eigenvalue weighted by Crippen LogP contribution is 2.36. The van der Waals surface area contributed by atoms with Crippen LogP contribution in [0.4, 0.5) is 0 Å². The molecular weight excluding hydrogens is 512 g/mol. The van der Waals surface area contributed by atoms with Crippen molar-refractivity contribution in [2.24, 2.45) is 0 Å². The number of hydrogen-bond acceptors (Lipinski definition) is 6. The lowest BCUT2D eigenvalue weighted by molar-refractivity contribution is 0.0725. The second kappa shape index (κ2) is 8.41. The second-order valence-electron chi connectivity index (χ2n) is 9.53. The number of rotatable bonds is 6. The van der Waals surface area contributed by atoms with Crippen molar-refractivity contribution >= 4 is 38.3 Å². The van der Waals surface area contributed by atoms with Crippen LogP contribution in [0.15, 0.2) is 54.7 Å². The maximum atomic E-state index is 12.0. The van der Waals surface area contributed by atoms with E-state index in [1.807, 2.05) is 60.0 Å². The molecule has 5 aromatic rings. The van der Waals surface area contributed by atoms with Gasteiger partial charge in [-0.3, -0.25) is 9.08 Å². The summed E-state index contributed by atoms with van der Waals surface area (Å²) in [6.45, 7) is 2.90. The van der Waals surface area contributed by atoms with Crippen molar-refractivity contribution in [1.82, 2.24) is 33.3 Å². The molecule has 0 saturated carbocycles. The van der Waals surface area contributed by atoms with Crippen molar-refractivity contribution < 1.29 is 8.42 Å². The number of halogens is 1. The van der Waals surface area contributed by atoms with Crippen molar-refractivity contribution in [2.45, 2.75) is 25.4 Å². The van der Waals surface area contributed by atoms with E-state index in [2.05, 4.69) is 26.9 Å². The summed E-state index contributed by atoms with van der Waals surface area (Å²) >= 11 is 6.28. The summed E-state index contributed by atoms with van der Waals surface area (Å²) in [4.78, 5) is 0. The molecule has 6 rings (SSSR count). The zero-order valence-corrected chi connectivity index (χ0v) is 21.8. The Kier molecular flexibility index (Phi) is 5.38. The molecular formula is C25H23ClN8O2S. The fraction of sp³-hybridized carbons (Fsp3) is 0.280. The van der Waals surface area contributed by atoms with Crippen LogP contribution in [-0.4, -0.2) is 61.0 Å². The lowest BCUT2D eigenvalue weighted by Gasteiger charge is -2.47. The number of fused-ring (bicyclic) bond motifs is 3. The number of aryl methyl sites for hydroxylation is 1. The molecule has 0 spiro atoms. The Morgan fingerprint density at radius 3 is 2.65 bits per heavy atom. The van der Waals surface area contributed by atoms with Gasteiger partial charge in [-0.1, -0.05) is 23.7 Å². The number of sulfonamides is 1. The third-order valence-electron chi connectivity index (χ3n) is 6.98. The van der Waals surface area contributed by atoms with Crippen LogP contribution in [0.2, 0.25) is 5.02 Å². The molecule has 10 nitrogen and oxygen atoms in total. The highest BCUT2D eigenvalue weighted by Gasteiger charge is 2.49. The van der Waals surface area contributed by atoms with Gasteiger partial charge in [0.25, 0.3) is 0 Å². The molecule has 0 radical (unpaired) electrons. The predicted octanol–water partition coefficient (Wildman–Crippen LogP) is 3.44. The highest BCUT2D eigenvalue weighted by molar-refractivity contribution is 7.88. The van der Waals surface area contributed by atoms with Gasteiger partial charge >= 0.3 is 0 Å². The van der Waals surface area contributed by atoms with E-state index >= 15 is 0 Å².